The van der Waals surface area contributed by atoms with Crippen molar-refractivity contribution >= 4 is 27.3 Å². The Balaban J connectivity index is 3.13. The van der Waals surface area contributed by atoms with Gasteiger partial charge in [-0.05, 0) is 32.0 Å². The lowest BCUT2D eigenvalue weighted by Gasteiger charge is -2.11. The van der Waals surface area contributed by atoms with E-state index in [2.05, 4.69) is 4.72 Å². The topological polar surface area (TPSA) is 70.0 Å². The number of anilines is 1. The van der Waals surface area contributed by atoms with Gasteiger partial charge in [0.05, 0.1) is 16.5 Å². The molecule has 16 heavy (non-hydrogen) atoms. The standard InChI is InChI=1S/C10H11ClN2O2S/c1-7(2)16(14,15)13-10-4-3-9(11)5-8(10)6-12/h3-5,7,13H,1-2H3. The molecule has 86 valence electrons. The lowest BCUT2D eigenvalue weighted by atomic mass is 10.2. The number of hydrogen-bond acceptors (Lipinski definition) is 3. The average molecular weight is 259 g/mol. The second-order valence-corrected chi connectivity index (χ2v) is 6.17. The molecule has 0 aliphatic heterocycles. The molecule has 1 rings (SSSR count). The first-order valence-electron chi connectivity index (χ1n) is 4.58. The summed E-state index contributed by atoms with van der Waals surface area (Å²) >= 11 is 5.70. The van der Waals surface area contributed by atoms with Crippen LogP contribution in [0.2, 0.25) is 5.02 Å². The van der Waals surface area contributed by atoms with Gasteiger partial charge < -0.3 is 0 Å². The molecule has 6 heteroatoms. The summed E-state index contributed by atoms with van der Waals surface area (Å²) in [6, 6.07) is 6.30. The van der Waals surface area contributed by atoms with E-state index in [-0.39, 0.29) is 11.3 Å². The van der Waals surface area contributed by atoms with Gasteiger partial charge in [0.15, 0.2) is 0 Å². The predicted molar refractivity (Wildman–Crippen MR) is 63.8 cm³/mol. The third-order valence-corrected chi connectivity index (χ3v) is 3.96. The van der Waals surface area contributed by atoms with Gasteiger partial charge in [-0.25, -0.2) is 8.42 Å². The summed E-state index contributed by atoms with van der Waals surface area (Å²) in [5, 5.41) is 8.67. The van der Waals surface area contributed by atoms with Crippen molar-refractivity contribution in [1.29, 1.82) is 5.26 Å². The van der Waals surface area contributed by atoms with Crippen molar-refractivity contribution in [1.82, 2.24) is 0 Å². The molecule has 4 nitrogen and oxygen atoms in total. The van der Waals surface area contributed by atoms with Crippen molar-refractivity contribution in [2.45, 2.75) is 19.1 Å². The Morgan fingerprint density at radius 3 is 2.56 bits per heavy atom. The lowest BCUT2D eigenvalue weighted by Crippen LogP contribution is -2.22. The predicted octanol–water partition coefficient (Wildman–Crippen LogP) is 2.36. The first kappa shape index (κ1) is 12.8. The zero-order valence-electron chi connectivity index (χ0n) is 8.86. The lowest BCUT2D eigenvalue weighted by molar-refractivity contribution is 0.593. The zero-order valence-corrected chi connectivity index (χ0v) is 10.4. The highest BCUT2D eigenvalue weighted by atomic mass is 35.5. The molecular weight excluding hydrogens is 248 g/mol. The van der Waals surface area contributed by atoms with Crippen molar-refractivity contribution in [3.05, 3.63) is 28.8 Å². The Labute approximate surface area is 99.9 Å². The van der Waals surface area contributed by atoms with Gasteiger partial charge >= 0.3 is 0 Å². The van der Waals surface area contributed by atoms with E-state index >= 15 is 0 Å². The van der Waals surface area contributed by atoms with Gasteiger partial charge in [-0.2, -0.15) is 5.26 Å². The Kier molecular flexibility index (Phi) is 3.79. The molecule has 1 N–H and O–H groups in total. The van der Waals surface area contributed by atoms with Crippen LogP contribution in [-0.2, 0) is 10.0 Å². The van der Waals surface area contributed by atoms with Crippen LogP contribution < -0.4 is 4.72 Å². The van der Waals surface area contributed by atoms with Crippen molar-refractivity contribution in [3.63, 3.8) is 0 Å². The second-order valence-electron chi connectivity index (χ2n) is 3.50. The van der Waals surface area contributed by atoms with Crippen molar-refractivity contribution in [2.75, 3.05) is 4.72 Å². The molecule has 0 fully saturated rings. The molecular formula is C10H11ClN2O2S. The van der Waals surface area contributed by atoms with Gasteiger partial charge in [-0.1, -0.05) is 11.6 Å². The largest absolute Gasteiger partial charge is 0.282 e. The number of benzene rings is 1. The summed E-state index contributed by atoms with van der Waals surface area (Å²) in [4.78, 5) is 0. The van der Waals surface area contributed by atoms with Crippen molar-refractivity contribution < 1.29 is 8.42 Å². The molecule has 0 amide bonds. The Bertz CT molecular complexity index is 532. The fourth-order valence-electron chi connectivity index (χ4n) is 0.969. The minimum atomic E-state index is -3.44. The van der Waals surface area contributed by atoms with Crippen LogP contribution in [0.1, 0.15) is 19.4 Å². The summed E-state index contributed by atoms with van der Waals surface area (Å²) < 4.78 is 25.6. The maximum absolute atomic E-state index is 11.6. The molecule has 0 unspecified atom stereocenters. The van der Waals surface area contributed by atoms with E-state index in [0.717, 1.165) is 0 Å². The minimum absolute atomic E-state index is 0.205. The first-order chi connectivity index (χ1) is 7.36. The van der Waals surface area contributed by atoms with E-state index in [1.165, 1.54) is 18.2 Å². The van der Waals surface area contributed by atoms with Gasteiger partial charge in [0.25, 0.3) is 0 Å². The molecule has 0 heterocycles. The summed E-state index contributed by atoms with van der Waals surface area (Å²) in [6.07, 6.45) is 0. The van der Waals surface area contributed by atoms with E-state index in [4.69, 9.17) is 16.9 Å². The van der Waals surface area contributed by atoms with Crippen LogP contribution in [0.4, 0.5) is 5.69 Å². The van der Waals surface area contributed by atoms with Crippen LogP contribution in [0, 0.1) is 11.3 Å². The zero-order chi connectivity index (χ0) is 12.3. The fraction of sp³-hybridized carbons (Fsp3) is 0.300. The van der Waals surface area contributed by atoms with Crippen LogP contribution in [0.3, 0.4) is 0 Å². The Morgan fingerprint density at radius 2 is 2.06 bits per heavy atom. The molecule has 0 aliphatic carbocycles. The highest BCUT2D eigenvalue weighted by Crippen LogP contribution is 2.21. The van der Waals surface area contributed by atoms with Gasteiger partial charge in [-0.3, -0.25) is 4.72 Å². The van der Waals surface area contributed by atoms with Crippen LogP contribution in [-0.4, -0.2) is 13.7 Å². The monoisotopic (exact) mass is 258 g/mol. The normalized spacial score (nSPS) is 11.2. The number of hydrogen-bond donors (Lipinski definition) is 1. The first-order valence-corrected chi connectivity index (χ1v) is 6.50. The molecule has 1 aromatic carbocycles. The second kappa shape index (κ2) is 4.73. The van der Waals surface area contributed by atoms with Gasteiger partial charge in [0.2, 0.25) is 10.0 Å². The maximum Gasteiger partial charge on any atom is 0.235 e. The highest BCUT2D eigenvalue weighted by molar-refractivity contribution is 7.93. The van der Waals surface area contributed by atoms with Crippen LogP contribution in [0.25, 0.3) is 0 Å². The molecule has 0 spiro atoms. The van der Waals surface area contributed by atoms with E-state index in [9.17, 15) is 8.42 Å². The summed E-state index contributed by atoms with van der Waals surface area (Å²) in [5.41, 5.74) is 0.456. The molecule has 0 atom stereocenters. The Hall–Kier alpha value is -1.25. The van der Waals surface area contributed by atoms with E-state index in [1.54, 1.807) is 13.8 Å². The Morgan fingerprint density at radius 1 is 1.44 bits per heavy atom. The summed E-state index contributed by atoms with van der Waals surface area (Å²) in [5.74, 6) is 0. The van der Waals surface area contributed by atoms with Crippen molar-refractivity contribution in [2.24, 2.45) is 0 Å². The SMILES string of the molecule is CC(C)S(=O)(=O)Nc1ccc(Cl)cc1C#N. The van der Waals surface area contributed by atoms with Crippen LogP contribution in [0.5, 0.6) is 0 Å². The number of sulfonamides is 1. The summed E-state index contributed by atoms with van der Waals surface area (Å²) in [7, 11) is -3.44. The maximum atomic E-state index is 11.6. The molecule has 0 radical (unpaired) electrons. The molecule has 0 aromatic heterocycles. The quantitative estimate of drug-likeness (QED) is 0.905. The van der Waals surface area contributed by atoms with E-state index in [0.29, 0.717) is 5.02 Å². The van der Waals surface area contributed by atoms with Crippen molar-refractivity contribution in [3.8, 4) is 6.07 Å². The third-order valence-electron chi connectivity index (χ3n) is 1.97. The van der Waals surface area contributed by atoms with Gasteiger partial charge in [0.1, 0.15) is 6.07 Å². The summed E-state index contributed by atoms with van der Waals surface area (Å²) in [6.45, 7) is 3.12. The van der Waals surface area contributed by atoms with E-state index in [1.807, 2.05) is 6.07 Å². The fourth-order valence-corrected chi connectivity index (χ4v) is 1.86. The molecule has 0 bridgehead atoms. The number of rotatable bonds is 3. The molecule has 0 aliphatic rings. The third kappa shape index (κ3) is 2.87. The molecule has 0 saturated carbocycles. The number of nitrogens with one attached hydrogen (secondary N) is 1. The van der Waals surface area contributed by atoms with Gasteiger partial charge in [0, 0.05) is 5.02 Å². The minimum Gasteiger partial charge on any atom is -0.282 e. The van der Waals surface area contributed by atoms with Crippen LogP contribution in [0.15, 0.2) is 18.2 Å². The number of halogens is 1. The molecule has 0 saturated heterocycles. The number of nitrogens with zero attached hydrogens (tertiary/aromatic N) is 1. The number of nitriles is 1. The molecule has 1 aromatic rings. The smallest absolute Gasteiger partial charge is 0.235 e. The van der Waals surface area contributed by atoms with Crippen LogP contribution >= 0.6 is 11.6 Å². The average Bonchev–Trinajstić information content (AvgIpc) is 2.20. The van der Waals surface area contributed by atoms with E-state index < -0.39 is 15.3 Å². The highest BCUT2D eigenvalue weighted by Gasteiger charge is 2.17. The van der Waals surface area contributed by atoms with Gasteiger partial charge in [-0.15, -0.1) is 0 Å².